The predicted molar refractivity (Wildman–Crippen MR) is 83.1 cm³/mol. The van der Waals surface area contributed by atoms with Gasteiger partial charge in [-0.15, -0.1) is 0 Å². The molecule has 0 aromatic heterocycles. The van der Waals surface area contributed by atoms with Crippen LogP contribution in [0.3, 0.4) is 0 Å². The van der Waals surface area contributed by atoms with E-state index in [1.807, 2.05) is 11.8 Å². The molecule has 0 atom stereocenters. The summed E-state index contributed by atoms with van der Waals surface area (Å²) < 4.78 is 0. The number of nitro benzene ring substituents is 1. The van der Waals surface area contributed by atoms with Crippen molar-refractivity contribution in [2.75, 3.05) is 18.4 Å². The first kappa shape index (κ1) is 16.7. The Balaban J connectivity index is 1.95. The van der Waals surface area contributed by atoms with Gasteiger partial charge >= 0.3 is 5.97 Å². The van der Waals surface area contributed by atoms with Gasteiger partial charge in [0.15, 0.2) is 0 Å². The van der Waals surface area contributed by atoms with Gasteiger partial charge in [0.25, 0.3) is 5.69 Å². The average molecular weight is 318 g/mol. The van der Waals surface area contributed by atoms with Gasteiger partial charge in [0.2, 0.25) is 0 Å². The van der Waals surface area contributed by atoms with Crippen molar-refractivity contribution < 1.29 is 14.8 Å². The van der Waals surface area contributed by atoms with Crippen LogP contribution in [0.2, 0.25) is 0 Å². The number of benzene rings is 1. The van der Waals surface area contributed by atoms with Gasteiger partial charge in [-0.1, -0.05) is 6.92 Å². The van der Waals surface area contributed by atoms with Gasteiger partial charge in [-0.25, -0.2) is 0 Å². The van der Waals surface area contributed by atoms with Crippen molar-refractivity contribution in [1.82, 2.24) is 4.90 Å². The van der Waals surface area contributed by atoms with E-state index >= 15 is 0 Å². The fourth-order valence-corrected chi connectivity index (χ4v) is 2.78. The fourth-order valence-electron chi connectivity index (χ4n) is 2.78. The molecule has 1 fully saturated rings. The van der Waals surface area contributed by atoms with Crippen LogP contribution in [0.4, 0.5) is 11.4 Å². The van der Waals surface area contributed by atoms with E-state index in [2.05, 4.69) is 5.32 Å². The maximum atomic E-state index is 10.9. The topological polar surface area (TPSA) is 120 Å². The lowest BCUT2D eigenvalue weighted by atomic mass is 9.85. The van der Waals surface area contributed by atoms with E-state index in [4.69, 9.17) is 10.4 Å². The molecule has 1 aromatic rings. The zero-order valence-electron chi connectivity index (χ0n) is 12.7. The number of nitrogens with one attached hydrogen (secondary N) is 1. The SMILES string of the molecule is CCN(CC(=O)O)C1CC(Nc2ccc(C#N)c([N+](=O)[O-])c2)C1. The lowest BCUT2D eigenvalue weighted by Crippen LogP contribution is -2.51. The normalized spacial score (nSPS) is 19.7. The number of carboxylic acids is 1. The van der Waals surface area contributed by atoms with Crippen LogP contribution in [0.5, 0.6) is 0 Å². The molecule has 0 spiro atoms. The predicted octanol–water partition coefficient (Wildman–Crippen LogP) is 1.82. The highest BCUT2D eigenvalue weighted by Gasteiger charge is 2.33. The summed E-state index contributed by atoms with van der Waals surface area (Å²) in [6.07, 6.45) is 1.57. The van der Waals surface area contributed by atoms with Gasteiger partial charge in [0, 0.05) is 23.8 Å². The minimum atomic E-state index is -0.842. The van der Waals surface area contributed by atoms with Gasteiger partial charge in [0.1, 0.15) is 11.6 Å². The molecule has 1 aromatic carbocycles. The van der Waals surface area contributed by atoms with Gasteiger partial charge in [-0.3, -0.25) is 19.8 Å². The van der Waals surface area contributed by atoms with Crippen LogP contribution < -0.4 is 5.32 Å². The molecule has 1 aliphatic rings. The molecule has 0 amide bonds. The Labute approximate surface area is 133 Å². The molecule has 2 rings (SSSR count). The highest BCUT2D eigenvalue weighted by molar-refractivity contribution is 5.69. The summed E-state index contributed by atoms with van der Waals surface area (Å²) in [6.45, 7) is 2.62. The molecule has 0 unspecified atom stereocenters. The van der Waals surface area contributed by atoms with Crippen molar-refractivity contribution in [3.8, 4) is 6.07 Å². The van der Waals surface area contributed by atoms with Crippen LogP contribution in [-0.4, -0.2) is 46.1 Å². The van der Waals surface area contributed by atoms with Crippen LogP contribution in [0.15, 0.2) is 18.2 Å². The summed E-state index contributed by atoms with van der Waals surface area (Å²) in [5.74, 6) is -0.842. The first-order chi connectivity index (χ1) is 10.9. The summed E-state index contributed by atoms with van der Waals surface area (Å²) in [4.78, 5) is 23.1. The second kappa shape index (κ2) is 7.07. The van der Waals surface area contributed by atoms with Crippen molar-refractivity contribution in [2.45, 2.75) is 31.8 Å². The summed E-state index contributed by atoms with van der Waals surface area (Å²) in [5.41, 5.74) is 0.417. The van der Waals surface area contributed by atoms with E-state index in [9.17, 15) is 14.9 Å². The van der Waals surface area contributed by atoms with Crippen molar-refractivity contribution in [3.63, 3.8) is 0 Å². The van der Waals surface area contributed by atoms with E-state index in [0.717, 1.165) is 12.8 Å². The molecular formula is C15H18N4O4. The fraction of sp³-hybridized carbons (Fsp3) is 0.467. The molecule has 1 saturated carbocycles. The molecule has 8 nitrogen and oxygen atoms in total. The van der Waals surface area contributed by atoms with Gasteiger partial charge in [-0.05, 0) is 31.5 Å². The first-order valence-electron chi connectivity index (χ1n) is 7.35. The van der Waals surface area contributed by atoms with Gasteiger partial charge in [0.05, 0.1) is 11.5 Å². The molecular weight excluding hydrogens is 300 g/mol. The molecule has 0 heterocycles. The summed E-state index contributed by atoms with van der Waals surface area (Å²) in [5, 5.41) is 31.9. The van der Waals surface area contributed by atoms with E-state index in [1.165, 1.54) is 12.1 Å². The molecule has 2 N–H and O–H groups in total. The molecule has 8 heteroatoms. The number of nitrogens with zero attached hydrogens (tertiary/aromatic N) is 3. The number of anilines is 1. The quantitative estimate of drug-likeness (QED) is 0.581. The van der Waals surface area contributed by atoms with Crippen LogP contribution in [-0.2, 0) is 4.79 Å². The monoisotopic (exact) mass is 318 g/mol. The smallest absolute Gasteiger partial charge is 0.317 e. The average Bonchev–Trinajstić information content (AvgIpc) is 2.48. The number of nitriles is 1. The van der Waals surface area contributed by atoms with E-state index in [-0.39, 0.29) is 29.9 Å². The van der Waals surface area contributed by atoms with Crippen molar-refractivity contribution in [2.24, 2.45) is 0 Å². The Morgan fingerprint density at radius 2 is 2.26 bits per heavy atom. The van der Waals surface area contributed by atoms with Crippen molar-refractivity contribution in [1.29, 1.82) is 5.26 Å². The molecule has 1 aliphatic carbocycles. The minimum absolute atomic E-state index is 0.0240. The summed E-state index contributed by atoms with van der Waals surface area (Å²) >= 11 is 0. The van der Waals surface area contributed by atoms with Crippen LogP contribution >= 0.6 is 0 Å². The van der Waals surface area contributed by atoms with Crippen LogP contribution in [0, 0.1) is 21.4 Å². The minimum Gasteiger partial charge on any atom is -0.480 e. The first-order valence-corrected chi connectivity index (χ1v) is 7.35. The lowest BCUT2D eigenvalue weighted by Gasteiger charge is -2.42. The third-order valence-electron chi connectivity index (χ3n) is 4.06. The molecule has 0 aliphatic heterocycles. The van der Waals surface area contributed by atoms with Crippen molar-refractivity contribution in [3.05, 3.63) is 33.9 Å². The van der Waals surface area contributed by atoms with Crippen molar-refractivity contribution >= 4 is 17.3 Å². The molecule has 0 saturated heterocycles. The third kappa shape index (κ3) is 3.96. The van der Waals surface area contributed by atoms with Gasteiger partial charge in [-0.2, -0.15) is 5.26 Å². The second-order valence-corrected chi connectivity index (χ2v) is 5.52. The Morgan fingerprint density at radius 3 is 2.78 bits per heavy atom. The Morgan fingerprint density at radius 1 is 1.57 bits per heavy atom. The maximum Gasteiger partial charge on any atom is 0.317 e. The molecule has 0 radical (unpaired) electrons. The Bertz CT molecular complexity index is 649. The molecule has 0 bridgehead atoms. The van der Waals surface area contributed by atoms with Crippen LogP contribution in [0.25, 0.3) is 0 Å². The standard InChI is InChI=1S/C15H18N4O4/c1-2-18(9-15(20)21)13-5-12(6-13)17-11-4-3-10(8-16)14(7-11)19(22)23/h3-4,7,12-13,17H,2,5-6,9H2,1H3,(H,20,21). The number of nitro groups is 1. The largest absolute Gasteiger partial charge is 0.480 e. The third-order valence-corrected chi connectivity index (χ3v) is 4.06. The Hall–Kier alpha value is -2.66. The zero-order chi connectivity index (χ0) is 17.0. The zero-order valence-corrected chi connectivity index (χ0v) is 12.7. The van der Waals surface area contributed by atoms with Crippen LogP contribution in [0.1, 0.15) is 25.3 Å². The highest BCUT2D eigenvalue weighted by Crippen LogP contribution is 2.30. The second-order valence-electron chi connectivity index (χ2n) is 5.52. The number of rotatable bonds is 7. The van der Waals surface area contributed by atoms with E-state index in [0.29, 0.717) is 12.2 Å². The number of likely N-dealkylation sites (N-methyl/N-ethyl adjacent to an activating group) is 1. The van der Waals surface area contributed by atoms with Gasteiger partial charge < -0.3 is 10.4 Å². The highest BCUT2D eigenvalue weighted by atomic mass is 16.6. The lowest BCUT2D eigenvalue weighted by molar-refractivity contribution is -0.385. The van der Waals surface area contributed by atoms with E-state index in [1.54, 1.807) is 12.1 Å². The number of carboxylic acid groups (broad SMARTS) is 1. The molecule has 23 heavy (non-hydrogen) atoms. The summed E-state index contributed by atoms with van der Waals surface area (Å²) in [7, 11) is 0. The molecule has 122 valence electrons. The summed E-state index contributed by atoms with van der Waals surface area (Å²) in [6, 6.07) is 6.60. The Kier molecular flexibility index (Phi) is 5.13. The van der Waals surface area contributed by atoms with E-state index < -0.39 is 10.9 Å². The maximum absolute atomic E-state index is 10.9. The number of hydrogen-bond acceptors (Lipinski definition) is 6. The number of aliphatic carboxylic acids is 1. The number of carbonyl (C=O) groups is 1. The number of hydrogen-bond donors (Lipinski definition) is 2.